The highest BCUT2D eigenvalue weighted by Crippen LogP contribution is 2.18. The first kappa shape index (κ1) is 13.9. The molecule has 8 heteroatoms. The van der Waals surface area contributed by atoms with Gasteiger partial charge in [0, 0.05) is 6.20 Å². The van der Waals surface area contributed by atoms with Crippen molar-refractivity contribution in [1.29, 1.82) is 0 Å². The predicted octanol–water partition coefficient (Wildman–Crippen LogP) is 2.22. The number of halogens is 2. The number of carbonyl (C=O) groups is 2. The molecule has 0 aromatic carbocycles. The van der Waals surface area contributed by atoms with Gasteiger partial charge in [0.2, 0.25) is 0 Å². The largest absolute Gasteiger partial charge is 0.478 e. The lowest BCUT2D eigenvalue weighted by molar-refractivity contribution is 0.0698. The fraction of sp³-hybridized carbons (Fsp3) is 0. The van der Waals surface area contributed by atoms with Gasteiger partial charge in [0.25, 0.3) is 5.91 Å². The first-order valence-electron chi connectivity index (χ1n) is 5.28. The number of rotatable bonds is 3. The first-order chi connectivity index (χ1) is 9.49. The van der Waals surface area contributed by atoms with Crippen LogP contribution in [0.5, 0.6) is 0 Å². The number of nitrogens with one attached hydrogen (secondary N) is 1. The number of anilines is 1. The average molecular weight is 296 g/mol. The maximum absolute atomic E-state index is 13.0. The number of pyridine rings is 2. The van der Waals surface area contributed by atoms with Crippen LogP contribution in [0.3, 0.4) is 0 Å². The summed E-state index contributed by atoms with van der Waals surface area (Å²) >= 11 is 5.69. The minimum absolute atomic E-state index is 0.0228. The third-order valence-electron chi connectivity index (χ3n) is 2.35. The SMILES string of the molecule is O=C(O)c1ccncc1NC(=O)c1cc(F)cnc1Cl. The lowest BCUT2D eigenvalue weighted by Gasteiger charge is -2.08. The maximum atomic E-state index is 13.0. The Morgan fingerprint density at radius 1 is 1.30 bits per heavy atom. The lowest BCUT2D eigenvalue weighted by Crippen LogP contribution is -2.16. The molecule has 0 saturated carbocycles. The molecule has 2 aromatic heterocycles. The molecular weight excluding hydrogens is 289 g/mol. The molecule has 20 heavy (non-hydrogen) atoms. The Labute approximate surface area is 117 Å². The van der Waals surface area contributed by atoms with Crippen LogP contribution in [0, 0.1) is 5.82 Å². The van der Waals surface area contributed by atoms with Crippen LogP contribution in [0.2, 0.25) is 5.15 Å². The van der Waals surface area contributed by atoms with Gasteiger partial charge < -0.3 is 10.4 Å². The van der Waals surface area contributed by atoms with E-state index in [0.29, 0.717) is 0 Å². The van der Waals surface area contributed by atoms with Gasteiger partial charge in [-0.1, -0.05) is 11.6 Å². The summed E-state index contributed by atoms with van der Waals surface area (Å²) in [6.07, 6.45) is 3.31. The van der Waals surface area contributed by atoms with Gasteiger partial charge in [0.05, 0.1) is 29.2 Å². The number of carboxylic acids is 1. The minimum Gasteiger partial charge on any atom is -0.478 e. The van der Waals surface area contributed by atoms with E-state index in [1.165, 1.54) is 18.5 Å². The third kappa shape index (κ3) is 2.89. The van der Waals surface area contributed by atoms with Gasteiger partial charge in [-0.15, -0.1) is 0 Å². The molecule has 6 nitrogen and oxygen atoms in total. The Balaban J connectivity index is 2.33. The van der Waals surface area contributed by atoms with Gasteiger partial charge >= 0.3 is 5.97 Å². The quantitative estimate of drug-likeness (QED) is 0.847. The van der Waals surface area contributed by atoms with E-state index < -0.39 is 17.7 Å². The zero-order chi connectivity index (χ0) is 14.7. The highest BCUT2D eigenvalue weighted by Gasteiger charge is 2.16. The summed E-state index contributed by atoms with van der Waals surface area (Å²) in [6.45, 7) is 0. The van der Waals surface area contributed by atoms with Crippen molar-refractivity contribution in [2.45, 2.75) is 0 Å². The van der Waals surface area contributed by atoms with Crippen molar-refractivity contribution in [3.63, 3.8) is 0 Å². The minimum atomic E-state index is -1.23. The number of hydrogen-bond acceptors (Lipinski definition) is 4. The number of hydrogen-bond donors (Lipinski definition) is 2. The zero-order valence-electron chi connectivity index (χ0n) is 9.80. The third-order valence-corrected chi connectivity index (χ3v) is 2.65. The standard InChI is InChI=1S/C12H7ClFN3O3/c13-10-8(3-6(14)4-16-10)11(18)17-9-5-15-2-1-7(9)12(19)20/h1-5H,(H,17,18)(H,19,20). The zero-order valence-corrected chi connectivity index (χ0v) is 10.6. The molecule has 0 atom stereocenters. The van der Waals surface area contributed by atoms with Crippen molar-refractivity contribution in [1.82, 2.24) is 9.97 Å². The summed E-state index contributed by atoms with van der Waals surface area (Å²) in [5.74, 6) is -2.74. The van der Waals surface area contributed by atoms with Crippen LogP contribution in [0.15, 0.2) is 30.7 Å². The number of aromatic carboxylic acids is 1. The van der Waals surface area contributed by atoms with E-state index in [4.69, 9.17) is 16.7 Å². The maximum Gasteiger partial charge on any atom is 0.337 e. The summed E-state index contributed by atoms with van der Waals surface area (Å²) < 4.78 is 13.0. The molecule has 0 unspecified atom stereocenters. The van der Waals surface area contributed by atoms with E-state index in [2.05, 4.69) is 15.3 Å². The first-order valence-corrected chi connectivity index (χ1v) is 5.66. The molecule has 0 aliphatic rings. The van der Waals surface area contributed by atoms with Crippen molar-refractivity contribution in [2.24, 2.45) is 0 Å². The van der Waals surface area contributed by atoms with Crippen molar-refractivity contribution in [2.75, 3.05) is 5.32 Å². The van der Waals surface area contributed by atoms with Gasteiger partial charge in [0.1, 0.15) is 11.0 Å². The molecule has 0 aliphatic carbocycles. The Kier molecular flexibility index (Phi) is 3.90. The molecule has 2 rings (SSSR count). The smallest absolute Gasteiger partial charge is 0.337 e. The van der Waals surface area contributed by atoms with Crippen LogP contribution in [-0.2, 0) is 0 Å². The monoisotopic (exact) mass is 295 g/mol. The van der Waals surface area contributed by atoms with Crippen molar-refractivity contribution < 1.29 is 19.1 Å². The number of nitrogens with zero attached hydrogens (tertiary/aromatic N) is 2. The molecule has 0 fully saturated rings. The van der Waals surface area contributed by atoms with Gasteiger partial charge in [-0.25, -0.2) is 14.2 Å². The highest BCUT2D eigenvalue weighted by atomic mass is 35.5. The number of carbonyl (C=O) groups excluding carboxylic acids is 1. The molecule has 102 valence electrons. The van der Waals surface area contributed by atoms with E-state index in [9.17, 15) is 14.0 Å². The Hall–Kier alpha value is -2.54. The molecule has 1 amide bonds. The summed E-state index contributed by atoms with van der Waals surface area (Å²) in [7, 11) is 0. The summed E-state index contributed by atoms with van der Waals surface area (Å²) in [4.78, 5) is 30.1. The Bertz CT molecular complexity index is 693. The summed E-state index contributed by atoms with van der Waals surface area (Å²) in [6, 6.07) is 2.13. The molecule has 2 heterocycles. The fourth-order valence-corrected chi connectivity index (χ4v) is 1.64. The second kappa shape index (κ2) is 5.62. The van der Waals surface area contributed by atoms with E-state index >= 15 is 0 Å². The Morgan fingerprint density at radius 3 is 2.75 bits per heavy atom. The van der Waals surface area contributed by atoms with E-state index in [1.54, 1.807) is 0 Å². The van der Waals surface area contributed by atoms with Crippen LogP contribution in [0.1, 0.15) is 20.7 Å². The van der Waals surface area contributed by atoms with Gasteiger partial charge in [-0.3, -0.25) is 9.78 Å². The molecule has 0 radical (unpaired) electrons. The second-order valence-electron chi connectivity index (χ2n) is 3.67. The van der Waals surface area contributed by atoms with E-state index in [0.717, 1.165) is 12.3 Å². The second-order valence-corrected chi connectivity index (χ2v) is 4.03. The fourth-order valence-electron chi connectivity index (χ4n) is 1.45. The van der Waals surface area contributed by atoms with Gasteiger partial charge in [0.15, 0.2) is 0 Å². The van der Waals surface area contributed by atoms with Gasteiger partial charge in [-0.05, 0) is 12.1 Å². The molecule has 0 saturated heterocycles. The predicted molar refractivity (Wildman–Crippen MR) is 68.4 cm³/mol. The lowest BCUT2D eigenvalue weighted by atomic mass is 10.2. The molecule has 0 bridgehead atoms. The van der Waals surface area contributed by atoms with Crippen LogP contribution in [0.25, 0.3) is 0 Å². The Morgan fingerprint density at radius 2 is 2.05 bits per heavy atom. The van der Waals surface area contributed by atoms with Crippen LogP contribution in [0.4, 0.5) is 10.1 Å². The molecule has 2 N–H and O–H groups in total. The van der Waals surface area contributed by atoms with Crippen LogP contribution in [-0.4, -0.2) is 27.0 Å². The van der Waals surface area contributed by atoms with Gasteiger partial charge in [-0.2, -0.15) is 0 Å². The van der Waals surface area contributed by atoms with Crippen molar-refractivity contribution in [3.8, 4) is 0 Å². The van der Waals surface area contributed by atoms with E-state index in [1.807, 2.05) is 0 Å². The summed E-state index contributed by atoms with van der Waals surface area (Å²) in [5, 5.41) is 11.1. The molecule has 0 spiro atoms. The number of aromatic nitrogens is 2. The highest BCUT2D eigenvalue weighted by molar-refractivity contribution is 6.33. The van der Waals surface area contributed by atoms with Crippen LogP contribution >= 0.6 is 11.6 Å². The normalized spacial score (nSPS) is 10.1. The van der Waals surface area contributed by atoms with Crippen molar-refractivity contribution >= 4 is 29.2 Å². The number of carboxylic acid groups (broad SMARTS) is 1. The van der Waals surface area contributed by atoms with E-state index in [-0.39, 0.29) is 22.0 Å². The van der Waals surface area contributed by atoms with Crippen molar-refractivity contribution in [3.05, 3.63) is 52.8 Å². The number of amides is 1. The average Bonchev–Trinajstić information content (AvgIpc) is 2.41. The topological polar surface area (TPSA) is 92.2 Å². The molecule has 2 aromatic rings. The molecular formula is C12H7ClFN3O3. The summed E-state index contributed by atoms with van der Waals surface area (Å²) in [5.41, 5.74) is -0.369. The van der Waals surface area contributed by atoms with Crippen LogP contribution < -0.4 is 5.32 Å². The molecule has 0 aliphatic heterocycles.